The summed E-state index contributed by atoms with van der Waals surface area (Å²) in [6.07, 6.45) is 5.45. The molecule has 0 fully saturated rings. The second-order valence-electron chi connectivity index (χ2n) is 4.87. The first-order chi connectivity index (χ1) is 9.36. The molecular formula is C17H22N2. The molecule has 2 nitrogen and oxygen atoms in total. The molecule has 1 aromatic heterocycles. The van der Waals surface area contributed by atoms with Crippen molar-refractivity contribution in [2.45, 2.75) is 32.2 Å². The van der Waals surface area contributed by atoms with Crippen LogP contribution in [0.15, 0.2) is 54.7 Å². The first-order valence-corrected chi connectivity index (χ1v) is 7.04. The van der Waals surface area contributed by atoms with Crippen LogP contribution in [0.2, 0.25) is 0 Å². The van der Waals surface area contributed by atoms with Gasteiger partial charge in [-0.2, -0.15) is 0 Å². The summed E-state index contributed by atoms with van der Waals surface area (Å²) in [6.45, 7) is 3.21. The molecule has 0 amide bonds. The Balaban J connectivity index is 1.62. The van der Waals surface area contributed by atoms with Gasteiger partial charge in [0.2, 0.25) is 0 Å². The van der Waals surface area contributed by atoms with Crippen molar-refractivity contribution in [3.8, 4) is 0 Å². The molecule has 0 bridgehead atoms. The third kappa shape index (κ3) is 4.84. The van der Waals surface area contributed by atoms with Gasteiger partial charge >= 0.3 is 0 Å². The molecule has 0 aliphatic heterocycles. The molecule has 0 spiro atoms. The first-order valence-electron chi connectivity index (χ1n) is 7.04. The SMILES string of the molecule is C[C@H](NCCCCc1ccccc1)c1ccccn1. The lowest BCUT2D eigenvalue weighted by Gasteiger charge is -2.12. The van der Waals surface area contributed by atoms with Gasteiger partial charge in [0.25, 0.3) is 0 Å². The van der Waals surface area contributed by atoms with Crippen molar-refractivity contribution in [1.29, 1.82) is 0 Å². The quantitative estimate of drug-likeness (QED) is 0.761. The van der Waals surface area contributed by atoms with E-state index >= 15 is 0 Å². The third-order valence-corrected chi connectivity index (χ3v) is 3.32. The Kier molecular flexibility index (Phi) is 5.57. The van der Waals surface area contributed by atoms with E-state index in [9.17, 15) is 0 Å². The van der Waals surface area contributed by atoms with E-state index < -0.39 is 0 Å². The third-order valence-electron chi connectivity index (χ3n) is 3.32. The number of hydrogen-bond acceptors (Lipinski definition) is 2. The molecule has 1 N–H and O–H groups in total. The van der Waals surface area contributed by atoms with Gasteiger partial charge in [-0.15, -0.1) is 0 Å². The van der Waals surface area contributed by atoms with Crippen molar-refractivity contribution >= 4 is 0 Å². The number of rotatable bonds is 7. The van der Waals surface area contributed by atoms with Crippen LogP contribution in [-0.2, 0) is 6.42 Å². The molecule has 2 aromatic rings. The van der Waals surface area contributed by atoms with E-state index in [0.717, 1.165) is 12.2 Å². The molecule has 0 unspecified atom stereocenters. The van der Waals surface area contributed by atoms with E-state index in [0.29, 0.717) is 6.04 Å². The summed E-state index contributed by atoms with van der Waals surface area (Å²) < 4.78 is 0. The monoisotopic (exact) mass is 254 g/mol. The Labute approximate surface area is 115 Å². The maximum absolute atomic E-state index is 4.36. The Hall–Kier alpha value is -1.67. The number of aromatic nitrogens is 1. The van der Waals surface area contributed by atoms with Gasteiger partial charge in [-0.25, -0.2) is 0 Å². The Bertz CT molecular complexity index is 453. The Morgan fingerprint density at radius 3 is 2.53 bits per heavy atom. The van der Waals surface area contributed by atoms with Crippen LogP contribution in [0.3, 0.4) is 0 Å². The minimum absolute atomic E-state index is 0.331. The van der Waals surface area contributed by atoms with Gasteiger partial charge in [0.05, 0.1) is 5.69 Å². The molecular weight excluding hydrogens is 232 g/mol. The zero-order valence-corrected chi connectivity index (χ0v) is 11.5. The summed E-state index contributed by atoms with van der Waals surface area (Å²) in [6, 6.07) is 17.1. The standard InChI is InChI=1S/C17H22N2/c1-15(17-12-6-8-14-19-17)18-13-7-5-11-16-9-3-2-4-10-16/h2-4,6,8-10,12,14-15,18H,5,7,11,13H2,1H3/t15-/m0/s1. The predicted octanol–water partition coefficient (Wildman–Crippen LogP) is 3.76. The van der Waals surface area contributed by atoms with Crippen molar-refractivity contribution in [2.75, 3.05) is 6.54 Å². The highest BCUT2D eigenvalue weighted by molar-refractivity contribution is 5.14. The summed E-state index contributed by atoms with van der Waals surface area (Å²) in [5, 5.41) is 3.52. The van der Waals surface area contributed by atoms with E-state index in [2.05, 4.69) is 53.6 Å². The first kappa shape index (κ1) is 13.8. The number of hydrogen-bond donors (Lipinski definition) is 1. The van der Waals surface area contributed by atoms with Gasteiger partial charge in [-0.1, -0.05) is 36.4 Å². The van der Waals surface area contributed by atoms with E-state index in [1.54, 1.807) is 0 Å². The summed E-state index contributed by atoms with van der Waals surface area (Å²) in [5.74, 6) is 0. The number of aryl methyl sites for hydroxylation is 1. The lowest BCUT2D eigenvalue weighted by molar-refractivity contribution is 0.537. The highest BCUT2D eigenvalue weighted by atomic mass is 14.9. The fraction of sp³-hybridized carbons (Fsp3) is 0.353. The van der Waals surface area contributed by atoms with Crippen LogP contribution in [-0.4, -0.2) is 11.5 Å². The summed E-state index contributed by atoms with van der Waals surface area (Å²) in [5.41, 5.74) is 2.55. The number of pyridine rings is 1. The minimum atomic E-state index is 0.331. The number of benzene rings is 1. The van der Waals surface area contributed by atoms with Crippen LogP contribution in [0, 0.1) is 0 Å². The topological polar surface area (TPSA) is 24.9 Å². The molecule has 19 heavy (non-hydrogen) atoms. The maximum atomic E-state index is 4.36. The molecule has 1 aromatic carbocycles. The number of nitrogens with zero attached hydrogens (tertiary/aromatic N) is 1. The normalized spacial score (nSPS) is 12.3. The van der Waals surface area contributed by atoms with Crippen LogP contribution < -0.4 is 5.32 Å². The molecule has 100 valence electrons. The molecule has 0 saturated carbocycles. The highest BCUT2D eigenvalue weighted by Crippen LogP contribution is 2.08. The number of unbranched alkanes of at least 4 members (excludes halogenated alkanes) is 1. The maximum Gasteiger partial charge on any atom is 0.0570 e. The summed E-state index contributed by atoms with van der Waals surface area (Å²) >= 11 is 0. The van der Waals surface area contributed by atoms with Crippen LogP contribution in [0.1, 0.15) is 37.1 Å². The van der Waals surface area contributed by atoms with Crippen LogP contribution >= 0.6 is 0 Å². The lowest BCUT2D eigenvalue weighted by Crippen LogP contribution is -2.20. The molecule has 1 heterocycles. The lowest BCUT2D eigenvalue weighted by atomic mass is 10.1. The van der Waals surface area contributed by atoms with Gasteiger partial charge in [0.15, 0.2) is 0 Å². The molecule has 0 saturated heterocycles. The van der Waals surface area contributed by atoms with Gasteiger partial charge in [0, 0.05) is 12.2 Å². The Morgan fingerprint density at radius 1 is 1.00 bits per heavy atom. The van der Waals surface area contributed by atoms with Crippen molar-refractivity contribution in [3.05, 3.63) is 66.0 Å². The van der Waals surface area contributed by atoms with Crippen molar-refractivity contribution in [1.82, 2.24) is 10.3 Å². The molecule has 2 heteroatoms. The van der Waals surface area contributed by atoms with Crippen molar-refractivity contribution in [3.63, 3.8) is 0 Å². The predicted molar refractivity (Wildman–Crippen MR) is 80.0 cm³/mol. The van der Waals surface area contributed by atoms with Gasteiger partial charge in [-0.3, -0.25) is 4.98 Å². The van der Waals surface area contributed by atoms with E-state index in [-0.39, 0.29) is 0 Å². The molecule has 2 rings (SSSR count). The molecule has 0 radical (unpaired) electrons. The molecule has 0 aliphatic rings. The van der Waals surface area contributed by atoms with Crippen molar-refractivity contribution in [2.24, 2.45) is 0 Å². The summed E-state index contributed by atoms with van der Waals surface area (Å²) in [4.78, 5) is 4.36. The molecule has 0 aliphatic carbocycles. The second kappa shape index (κ2) is 7.70. The minimum Gasteiger partial charge on any atom is -0.309 e. The number of nitrogens with one attached hydrogen (secondary N) is 1. The smallest absolute Gasteiger partial charge is 0.0570 e. The van der Waals surface area contributed by atoms with Gasteiger partial charge in [0.1, 0.15) is 0 Å². The van der Waals surface area contributed by atoms with Gasteiger partial charge in [-0.05, 0) is 50.4 Å². The molecule has 1 atom stereocenters. The van der Waals surface area contributed by atoms with E-state index in [4.69, 9.17) is 0 Å². The zero-order chi connectivity index (χ0) is 13.3. The zero-order valence-electron chi connectivity index (χ0n) is 11.5. The second-order valence-corrected chi connectivity index (χ2v) is 4.87. The van der Waals surface area contributed by atoms with E-state index in [1.165, 1.54) is 24.8 Å². The van der Waals surface area contributed by atoms with Crippen LogP contribution in [0.4, 0.5) is 0 Å². The fourth-order valence-electron chi connectivity index (χ4n) is 2.15. The van der Waals surface area contributed by atoms with Crippen LogP contribution in [0.5, 0.6) is 0 Å². The summed E-state index contributed by atoms with van der Waals surface area (Å²) in [7, 11) is 0. The average molecular weight is 254 g/mol. The van der Waals surface area contributed by atoms with Crippen LogP contribution in [0.25, 0.3) is 0 Å². The largest absolute Gasteiger partial charge is 0.309 e. The van der Waals surface area contributed by atoms with Crippen molar-refractivity contribution < 1.29 is 0 Å². The van der Waals surface area contributed by atoms with Gasteiger partial charge < -0.3 is 5.32 Å². The average Bonchev–Trinajstić information content (AvgIpc) is 2.49. The fourth-order valence-corrected chi connectivity index (χ4v) is 2.15. The Morgan fingerprint density at radius 2 is 1.79 bits per heavy atom. The highest BCUT2D eigenvalue weighted by Gasteiger charge is 2.04. The van der Waals surface area contributed by atoms with E-state index in [1.807, 2.05) is 18.3 Å².